The van der Waals surface area contributed by atoms with Gasteiger partial charge in [0.2, 0.25) is 0 Å². The summed E-state index contributed by atoms with van der Waals surface area (Å²) >= 11 is 0. The Morgan fingerprint density at radius 1 is 1.00 bits per heavy atom. The second kappa shape index (κ2) is 7.64. The molecule has 0 aromatic heterocycles. The fraction of sp³-hybridized carbons (Fsp3) is 1.00. The number of hydrogen-bond donors (Lipinski definition) is 5. The Kier molecular flexibility index (Phi) is 12.1. The number of hydrogen-bond acceptors (Lipinski definition) is 2. The Morgan fingerprint density at radius 3 is 1.08 bits per heavy atom. The van der Waals surface area contributed by atoms with Crippen LogP contribution in [0.15, 0.2) is 0 Å². The van der Waals surface area contributed by atoms with Crippen molar-refractivity contribution in [3.05, 3.63) is 0 Å². The summed E-state index contributed by atoms with van der Waals surface area (Å²) in [4.78, 5) is 37.4. The average Bonchev–Trinajstić information content (AvgIpc) is 1.59. The van der Waals surface area contributed by atoms with Crippen LogP contribution in [0.5, 0.6) is 0 Å². The zero-order chi connectivity index (χ0) is 9.71. The van der Waals surface area contributed by atoms with Crippen molar-refractivity contribution >= 4 is 45.0 Å². The molecule has 0 unspecified atom stereocenters. The maximum absolute atomic E-state index is 9.69. The van der Waals surface area contributed by atoms with Crippen molar-refractivity contribution in [3.8, 4) is 0 Å². The molecule has 0 fully saturated rings. The first-order chi connectivity index (χ1) is 4.56. The van der Waals surface area contributed by atoms with Crippen molar-refractivity contribution in [1.82, 2.24) is 0 Å². The van der Waals surface area contributed by atoms with E-state index >= 15 is 0 Å². The fourth-order valence-electron chi connectivity index (χ4n) is 0. The summed E-state index contributed by atoms with van der Waals surface area (Å²) < 4.78 is 18.6. The molecule has 0 amide bonds. The van der Waals surface area contributed by atoms with Gasteiger partial charge in [-0.3, -0.25) is 4.57 Å². The van der Waals surface area contributed by atoms with Crippen molar-refractivity contribution < 1.29 is 33.6 Å². The molecule has 12 heavy (non-hydrogen) atoms. The van der Waals surface area contributed by atoms with Crippen LogP contribution in [0.1, 0.15) is 6.92 Å². The summed E-state index contributed by atoms with van der Waals surface area (Å²) in [6, 6.07) is 0. The van der Waals surface area contributed by atoms with Gasteiger partial charge in [-0.2, -0.15) is 0 Å². The molecule has 0 aromatic rings. The monoisotopic (exact) mass is 232 g/mol. The van der Waals surface area contributed by atoms with Gasteiger partial charge in [0.1, 0.15) is 0 Å². The van der Waals surface area contributed by atoms with Crippen molar-refractivity contribution in [3.63, 3.8) is 0 Å². The molecule has 0 aliphatic heterocycles. The molecule has 72 valence electrons. The molecule has 0 bridgehead atoms. The molecule has 7 nitrogen and oxygen atoms in total. The van der Waals surface area contributed by atoms with Crippen LogP contribution >= 0.6 is 15.4 Å². The average molecular weight is 232 g/mol. The molecule has 0 rings (SSSR count). The van der Waals surface area contributed by atoms with Gasteiger partial charge in [-0.1, -0.05) is 6.92 Å². The SMILES string of the molecule is CCP(=O)(O)O.O=P(O)(O)O.[NaH]. The van der Waals surface area contributed by atoms with E-state index < -0.39 is 15.4 Å². The summed E-state index contributed by atoms with van der Waals surface area (Å²) in [5.41, 5.74) is 0. The number of phosphoric acid groups is 1. The third-order valence-corrected chi connectivity index (χ3v) is 1.24. The Hall–Kier alpha value is 1.26. The predicted molar refractivity (Wildman–Crippen MR) is 44.0 cm³/mol. The van der Waals surface area contributed by atoms with Crippen molar-refractivity contribution in [2.24, 2.45) is 0 Å². The Morgan fingerprint density at radius 2 is 1.08 bits per heavy atom. The van der Waals surface area contributed by atoms with E-state index in [-0.39, 0.29) is 35.7 Å². The van der Waals surface area contributed by atoms with E-state index in [0.29, 0.717) is 0 Å². The van der Waals surface area contributed by atoms with Gasteiger partial charge in [-0.05, 0) is 0 Å². The van der Waals surface area contributed by atoms with Gasteiger partial charge in [0, 0.05) is 6.16 Å². The minimum atomic E-state index is -4.64. The first-order valence-electron chi connectivity index (χ1n) is 2.39. The van der Waals surface area contributed by atoms with Crippen molar-refractivity contribution in [2.45, 2.75) is 6.92 Å². The molecule has 0 aliphatic rings. The Labute approximate surface area is 91.5 Å². The molecule has 0 spiro atoms. The third kappa shape index (κ3) is 65.3. The molecule has 0 aliphatic carbocycles. The topological polar surface area (TPSA) is 135 Å². The first-order valence-corrected chi connectivity index (χ1v) is 5.75. The van der Waals surface area contributed by atoms with Gasteiger partial charge < -0.3 is 24.5 Å². The molecule has 0 saturated heterocycles. The minimum absolute atomic E-state index is 0. The maximum atomic E-state index is 9.69. The van der Waals surface area contributed by atoms with Crippen molar-refractivity contribution in [1.29, 1.82) is 0 Å². The van der Waals surface area contributed by atoms with Crippen molar-refractivity contribution in [2.75, 3.05) is 6.16 Å². The Balaban J connectivity index is -0.000000126. The van der Waals surface area contributed by atoms with Crippen LogP contribution in [-0.2, 0) is 9.13 Å². The standard InChI is InChI=1S/C2H7O3P.Na.H3O4P.H/c1-2-6(3,4)5;;1-5(2,3)4;/h2H2,1H3,(H2,3,4,5);;(H3,1,2,3,4);. The van der Waals surface area contributed by atoms with E-state index in [2.05, 4.69) is 0 Å². The zero-order valence-corrected chi connectivity index (χ0v) is 7.44. The van der Waals surface area contributed by atoms with Gasteiger partial charge in [-0.25, -0.2) is 4.57 Å². The van der Waals surface area contributed by atoms with Gasteiger partial charge in [0.05, 0.1) is 0 Å². The summed E-state index contributed by atoms with van der Waals surface area (Å²) in [5, 5.41) is 0. The van der Waals surface area contributed by atoms with Gasteiger partial charge in [-0.15, -0.1) is 0 Å². The second-order valence-electron chi connectivity index (χ2n) is 1.49. The van der Waals surface area contributed by atoms with Crippen LogP contribution in [0.4, 0.5) is 0 Å². The van der Waals surface area contributed by atoms with Crippen LogP contribution in [0, 0.1) is 0 Å². The summed E-state index contributed by atoms with van der Waals surface area (Å²) in [6.45, 7) is 1.45. The second-order valence-corrected chi connectivity index (χ2v) is 4.48. The van der Waals surface area contributed by atoms with Gasteiger partial charge in [0.15, 0.2) is 0 Å². The van der Waals surface area contributed by atoms with Gasteiger partial charge >= 0.3 is 45.0 Å². The molecule has 0 saturated carbocycles. The van der Waals surface area contributed by atoms with Gasteiger partial charge in [0.25, 0.3) is 0 Å². The normalized spacial score (nSPS) is 10.8. The third-order valence-electron chi connectivity index (χ3n) is 0.412. The molecule has 0 heterocycles. The molecule has 0 atom stereocenters. The summed E-state index contributed by atoms with van der Waals surface area (Å²) in [6.07, 6.45) is -0.0625. The molecule has 0 radical (unpaired) electrons. The van der Waals surface area contributed by atoms with E-state index in [1.807, 2.05) is 0 Å². The van der Waals surface area contributed by atoms with Crippen LogP contribution in [-0.4, -0.2) is 60.2 Å². The molecule has 10 heteroatoms. The Bertz CT molecular complexity index is 172. The van der Waals surface area contributed by atoms with Crippen LogP contribution in [0.3, 0.4) is 0 Å². The van der Waals surface area contributed by atoms with E-state index in [4.69, 9.17) is 29.0 Å². The molecular weight excluding hydrogens is 221 g/mol. The summed E-state index contributed by atoms with van der Waals surface area (Å²) in [7, 11) is -8.29. The van der Waals surface area contributed by atoms with E-state index in [9.17, 15) is 4.57 Å². The zero-order valence-electron chi connectivity index (χ0n) is 5.65. The predicted octanol–water partition coefficient (Wildman–Crippen LogP) is -1.39. The first kappa shape index (κ1) is 18.9. The van der Waals surface area contributed by atoms with Crippen LogP contribution in [0.2, 0.25) is 0 Å². The number of rotatable bonds is 1. The van der Waals surface area contributed by atoms with E-state index in [1.165, 1.54) is 6.92 Å². The summed E-state index contributed by atoms with van der Waals surface area (Å²) in [5.74, 6) is 0. The van der Waals surface area contributed by atoms with Crippen LogP contribution in [0.25, 0.3) is 0 Å². The quantitative estimate of drug-likeness (QED) is 0.277. The van der Waals surface area contributed by atoms with E-state index in [0.717, 1.165) is 0 Å². The van der Waals surface area contributed by atoms with Crippen LogP contribution < -0.4 is 0 Å². The van der Waals surface area contributed by atoms with E-state index in [1.54, 1.807) is 0 Å². The molecule has 5 N–H and O–H groups in total. The fourth-order valence-corrected chi connectivity index (χ4v) is 0. The molecule has 0 aromatic carbocycles. The molecular formula is C2H11NaO7P2.